The highest BCUT2D eigenvalue weighted by Crippen LogP contribution is 2.39. The van der Waals surface area contributed by atoms with Crippen LogP contribution in [0, 0.1) is 0 Å². The van der Waals surface area contributed by atoms with E-state index in [1.807, 2.05) is 66.7 Å². The molecule has 3 aromatic heterocycles. The minimum absolute atomic E-state index is 0.0713. The lowest BCUT2D eigenvalue weighted by Crippen LogP contribution is -2.17. The first-order valence-corrected chi connectivity index (χ1v) is 13.8. The highest BCUT2D eigenvalue weighted by Gasteiger charge is 2.27. The molecule has 1 aromatic carbocycles. The smallest absolute Gasteiger partial charge is 0.144 e. The van der Waals surface area contributed by atoms with Gasteiger partial charge < -0.3 is 4.74 Å². The predicted molar refractivity (Wildman–Crippen MR) is 150 cm³/mol. The zero-order valence-corrected chi connectivity index (χ0v) is 22.7. The van der Waals surface area contributed by atoms with E-state index in [1.165, 1.54) is 0 Å². The summed E-state index contributed by atoms with van der Waals surface area (Å²) in [6.07, 6.45) is 6.87. The van der Waals surface area contributed by atoms with Crippen molar-refractivity contribution in [2.75, 3.05) is 7.11 Å². The average molecular weight is 536 g/mol. The Morgan fingerprint density at radius 1 is 0.700 bits per heavy atom. The average Bonchev–Trinajstić information content (AvgIpc) is 2.99. The van der Waals surface area contributed by atoms with Crippen LogP contribution in [0.5, 0.6) is 5.75 Å². The molecule has 8 nitrogen and oxygen atoms in total. The quantitative estimate of drug-likeness (QED) is 0.269. The number of benzene rings is 1. The number of nitrogens with zero attached hydrogens (tertiary/aromatic N) is 5. The fourth-order valence-electron chi connectivity index (χ4n) is 5.39. The van der Waals surface area contributed by atoms with Crippen LogP contribution in [-0.2, 0) is 35.3 Å². The van der Waals surface area contributed by atoms with E-state index in [4.69, 9.17) is 4.74 Å². The number of para-hydroxylation sites is 1. The molecule has 40 heavy (non-hydrogen) atoms. The summed E-state index contributed by atoms with van der Waals surface area (Å²) in [6, 6.07) is 21.0. The molecule has 4 aromatic rings. The lowest BCUT2D eigenvalue weighted by molar-refractivity contribution is -0.118. The Hall–Kier alpha value is -4.33. The Morgan fingerprint density at radius 3 is 1.88 bits per heavy atom. The number of pyridine rings is 1. The van der Waals surface area contributed by atoms with Gasteiger partial charge in [-0.25, -0.2) is 0 Å². The zero-order chi connectivity index (χ0) is 27.7. The number of aromatic nitrogens is 5. The molecule has 0 radical (unpaired) electrons. The molecule has 204 valence electrons. The van der Waals surface area contributed by atoms with Gasteiger partial charge in [0.2, 0.25) is 0 Å². The van der Waals surface area contributed by atoms with Crippen LogP contribution in [0.15, 0.2) is 72.9 Å². The second-order valence-corrected chi connectivity index (χ2v) is 10.4. The molecule has 2 atom stereocenters. The number of Topliss-reactive ketones (excluding diaryl/α,β-unsaturated/α-hetero) is 2. The lowest BCUT2D eigenvalue weighted by atomic mass is 9.78. The number of carbonyl (C=O) groups is 2. The van der Waals surface area contributed by atoms with Crippen LogP contribution < -0.4 is 4.74 Å². The van der Waals surface area contributed by atoms with Crippen molar-refractivity contribution < 1.29 is 14.3 Å². The Bertz CT molecular complexity index is 1430. The first-order valence-electron chi connectivity index (χ1n) is 13.8. The van der Waals surface area contributed by atoms with Crippen LogP contribution in [0.2, 0.25) is 0 Å². The Labute approximate surface area is 234 Å². The summed E-state index contributed by atoms with van der Waals surface area (Å²) in [4.78, 5) is 29.3. The summed E-state index contributed by atoms with van der Waals surface area (Å²) in [5.41, 5.74) is 4.90. The summed E-state index contributed by atoms with van der Waals surface area (Å²) < 4.78 is 5.36. The molecule has 1 saturated carbocycles. The van der Waals surface area contributed by atoms with Crippen molar-refractivity contribution in [3.05, 3.63) is 107 Å². The first-order chi connectivity index (χ1) is 19.6. The van der Waals surface area contributed by atoms with Crippen LogP contribution in [0.3, 0.4) is 0 Å². The summed E-state index contributed by atoms with van der Waals surface area (Å²) in [5, 5.41) is 17.7. The SMILES string of the molecule is COc1ccccc1CC(=O)Cc1ccc([C@H]2CCC[C@H](c3ccc(CC(=O)Cc4ccccn4)nn3)C2)nn1. The van der Waals surface area contributed by atoms with Crippen LogP contribution in [0.4, 0.5) is 0 Å². The maximum atomic E-state index is 12.6. The van der Waals surface area contributed by atoms with E-state index in [0.717, 1.165) is 54.1 Å². The molecule has 0 aliphatic heterocycles. The lowest BCUT2D eigenvalue weighted by Gasteiger charge is -2.28. The molecule has 5 rings (SSSR count). The summed E-state index contributed by atoms with van der Waals surface area (Å²) in [6.45, 7) is 0. The van der Waals surface area contributed by atoms with E-state index in [-0.39, 0.29) is 36.2 Å². The van der Waals surface area contributed by atoms with Gasteiger partial charge in [0, 0.05) is 42.1 Å². The van der Waals surface area contributed by atoms with Gasteiger partial charge in [0.05, 0.1) is 42.7 Å². The van der Waals surface area contributed by atoms with Gasteiger partial charge in [0.15, 0.2) is 0 Å². The van der Waals surface area contributed by atoms with Crippen molar-refractivity contribution in [3.63, 3.8) is 0 Å². The van der Waals surface area contributed by atoms with Crippen LogP contribution in [-0.4, -0.2) is 44.1 Å². The maximum absolute atomic E-state index is 12.6. The summed E-state index contributed by atoms with van der Waals surface area (Å²) in [7, 11) is 1.61. The van der Waals surface area contributed by atoms with E-state index < -0.39 is 0 Å². The number of methoxy groups -OCH3 is 1. The molecule has 0 bridgehead atoms. The minimum Gasteiger partial charge on any atom is -0.496 e. The largest absolute Gasteiger partial charge is 0.496 e. The molecular weight excluding hydrogens is 502 g/mol. The number of rotatable bonds is 11. The van der Waals surface area contributed by atoms with Gasteiger partial charge in [0.1, 0.15) is 17.3 Å². The Kier molecular flexibility index (Phi) is 8.96. The van der Waals surface area contributed by atoms with E-state index in [2.05, 4.69) is 25.4 Å². The molecule has 0 amide bonds. The molecule has 8 heteroatoms. The van der Waals surface area contributed by atoms with E-state index in [1.54, 1.807) is 13.3 Å². The number of carbonyl (C=O) groups excluding carboxylic acids is 2. The van der Waals surface area contributed by atoms with Gasteiger partial charge >= 0.3 is 0 Å². The molecule has 0 saturated heterocycles. The summed E-state index contributed by atoms with van der Waals surface area (Å²) >= 11 is 0. The molecule has 1 fully saturated rings. The van der Waals surface area contributed by atoms with Crippen molar-refractivity contribution in [3.8, 4) is 5.75 Å². The van der Waals surface area contributed by atoms with Gasteiger partial charge in [-0.1, -0.05) is 30.7 Å². The van der Waals surface area contributed by atoms with Crippen molar-refractivity contribution in [1.82, 2.24) is 25.4 Å². The third-order valence-corrected chi connectivity index (χ3v) is 7.43. The van der Waals surface area contributed by atoms with Gasteiger partial charge in [-0.3, -0.25) is 14.6 Å². The molecule has 1 aliphatic rings. The van der Waals surface area contributed by atoms with Gasteiger partial charge in [0.25, 0.3) is 0 Å². The highest BCUT2D eigenvalue weighted by atomic mass is 16.5. The van der Waals surface area contributed by atoms with Crippen LogP contribution in [0.25, 0.3) is 0 Å². The Balaban J connectivity index is 1.14. The molecule has 0 spiro atoms. The fraction of sp³-hybridized carbons (Fsp3) is 0.344. The molecule has 3 heterocycles. The van der Waals surface area contributed by atoms with Gasteiger partial charge in [-0.15, -0.1) is 0 Å². The minimum atomic E-state index is 0.0713. The van der Waals surface area contributed by atoms with E-state index in [9.17, 15) is 9.59 Å². The highest BCUT2D eigenvalue weighted by molar-refractivity contribution is 5.83. The van der Waals surface area contributed by atoms with E-state index in [0.29, 0.717) is 24.2 Å². The standard InChI is InChI=1S/C32H33N5O3/c1-40-32-11-3-2-7-24(32)18-28(38)20-26-12-14-30(36-34-26)22-8-6-9-23(17-22)31-15-13-27(35-37-31)21-29(39)19-25-10-4-5-16-33-25/h2-5,7,10-16,22-23H,6,8-9,17-21H2,1H3/t22-,23-/m0/s1. The molecular formula is C32H33N5O3. The second kappa shape index (κ2) is 13.2. The van der Waals surface area contributed by atoms with Gasteiger partial charge in [-0.05, 0) is 61.7 Å². The predicted octanol–water partition coefficient (Wildman–Crippen LogP) is 4.82. The molecule has 0 N–H and O–H groups in total. The van der Waals surface area contributed by atoms with Crippen LogP contribution in [0.1, 0.15) is 71.6 Å². The topological polar surface area (TPSA) is 108 Å². The van der Waals surface area contributed by atoms with Gasteiger partial charge in [-0.2, -0.15) is 20.4 Å². The normalized spacial score (nSPS) is 16.8. The molecule has 0 unspecified atom stereocenters. The third-order valence-electron chi connectivity index (χ3n) is 7.43. The fourth-order valence-corrected chi connectivity index (χ4v) is 5.39. The Morgan fingerprint density at radius 2 is 1.30 bits per heavy atom. The first kappa shape index (κ1) is 27.2. The monoisotopic (exact) mass is 535 g/mol. The number of ether oxygens (including phenoxy) is 1. The third kappa shape index (κ3) is 7.20. The second-order valence-electron chi connectivity index (χ2n) is 10.4. The maximum Gasteiger partial charge on any atom is 0.144 e. The van der Waals surface area contributed by atoms with E-state index >= 15 is 0 Å². The summed E-state index contributed by atoms with van der Waals surface area (Å²) in [5.74, 6) is 1.43. The zero-order valence-electron chi connectivity index (χ0n) is 22.7. The van der Waals surface area contributed by atoms with Crippen molar-refractivity contribution in [2.45, 2.75) is 63.2 Å². The van der Waals surface area contributed by atoms with Crippen molar-refractivity contribution in [1.29, 1.82) is 0 Å². The molecule has 1 aliphatic carbocycles. The number of hydrogen-bond donors (Lipinski definition) is 0. The van der Waals surface area contributed by atoms with Crippen LogP contribution >= 0.6 is 0 Å². The van der Waals surface area contributed by atoms with Crippen molar-refractivity contribution in [2.24, 2.45) is 0 Å². The van der Waals surface area contributed by atoms with Crippen molar-refractivity contribution >= 4 is 11.6 Å². The number of hydrogen-bond acceptors (Lipinski definition) is 8. The number of ketones is 2.